The Hall–Kier alpha value is -3.47. The number of rotatable bonds is 3. The average Bonchev–Trinajstić information content (AvgIpc) is 3.34. The SMILES string of the molecule is c1ccc(C2=NCc3c(-c4cnco4)ncn3-c3ccc(C45CC(C4)C5)cc32)cc1. The summed E-state index contributed by atoms with van der Waals surface area (Å²) in [5.74, 6) is 1.63. The topological polar surface area (TPSA) is 56.2 Å². The number of oxazole rings is 1. The van der Waals surface area contributed by atoms with Crippen LogP contribution in [0.1, 0.15) is 41.6 Å². The second kappa shape index (κ2) is 5.79. The van der Waals surface area contributed by atoms with Gasteiger partial charge in [0.25, 0.3) is 0 Å². The van der Waals surface area contributed by atoms with Crippen LogP contribution in [0, 0.1) is 5.92 Å². The predicted molar refractivity (Wildman–Crippen MR) is 114 cm³/mol. The van der Waals surface area contributed by atoms with Crippen LogP contribution in [0.4, 0.5) is 0 Å². The largest absolute Gasteiger partial charge is 0.442 e. The van der Waals surface area contributed by atoms with Gasteiger partial charge in [-0.25, -0.2) is 9.97 Å². The summed E-state index contributed by atoms with van der Waals surface area (Å²) >= 11 is 0. The lowest BCUT2D eigenvalue weighted by Gasteiger charge is -2.62. The van der Waals surface area contributed by atoms with E-state index in [1.165, 1.54) is 36.8 Å². The van der Waals surface area contributed by atoms with E-state index >= 15 is 0 Å². The molecule has 5 heteroatoms. The van der Waals surface area contributed by atoms with Gasteiger partial charge < -0.3 is 4.42 Å². The van der Waals surface area contributed by atoms with E-state index in [2.05, 4.69) is 63.1 Å². The molecule has 0 saturated heterocycles. The summed E-state index contributed by atoms with van der Waals surface area (Å²) in [6.07, 6.45) is 9.07. The molecule has 2 aromatic carbocycles. The highest BCUT2D eigenvalue weighted by molar-refractivity contribution is 6.15. The quantitative estimate of drug-likeness (QED) is 0.497. The predicted octanol–water partition coefficient (Wildman–Crippen LogP) is 4.93. The number of aromatic nitrogens is 3. The molecule has 0 spiro atoms. The maximum absolute atomic E-state index is 5.54. The summed E-state index contributed by atoms with van der Waals surface area (Å²) in [6, 6.07) is 17.5. The Morgan fingerprint density at radius 1 is 1.03 bits per heavy atom. The molecule has 146 valence electrons. The molecule has 0 atom stereocenters. The monoisotopic (exact) mass is 392 g/mol. The van der Waals surface area contributed by atoms with Gasteiger partial charge in [0, 0.05) is 11.1 Å². The number of benzene rings is 2. The first-order chi connectivity index (χ1) is 14.8. The van der Waals surface area contributed by atoms with Crippen molar-refractivity contribution in [3.8, 4) is 17.1 Å². The molecule has 8 rings (SSSR count). The van der Waals surface area contributed by atoms with Crippen molar-refractivity contribution in [2.75, 3.05) is 0 Å². The first kappa shape index (κ1) is 16.3. The number of hydrogen-bond donors (Lipinski definition) is 0. The van der Waals surface area contributed by atoms with E-state index in [9.17, 15) is 0 Å². The third kappa shape index (κ3) is 2.15. The molecule has 0 amide bonds. The zero-order valence-corrected chi connectivity index (χ0v) is 16.5. The Morgan fingerprint density at radius 2 is 1.90 bits per heavy atom. The van der Waals surface area contributed by atoms with Crippen molar-refractivity contribution in [3.05, 3.63) is 89.8 Å². The van der Waals surface area contributed by atoms with Crippen LogP contribution in [0.2, 0.25) is 0 Å². The maximum atomic E-state index is 5.54. The molecule has 5 nitrogen and oxygen atoms in total. The van der Waals surface area contributed by atoms with Crippen LogP contribution in [-0.2, 0) is 12.0 Å². The standard InChI is InChI=1S/C25H20N4O/c1-2-4-17(5-3-1)23-19-8-18(25-9-16(10-25)11-25)6-7-20(19)29-14-28-24(21(29)12-27-23)22-13-26-15-30-22/h1-8,13-16H,9-12H2. The highest BCUT2D eigenvalue weighted by Gasteiger charge is 2.57. The molecule has 4 aromatic rings. The van der Waals surface area contributed by atoms with Crippen molar-refractivity contribution in [2.45, 2.75) is 31.2 Å². The van der Waals surface area contributed by atoms with Crippen LogP contribution >= 0.6 is 0 Å². The zero-order chi connectivity index (χ0) is 19.7. The lowest BCUT2D eigenvalue weighted by atomic mass is 9.42. The molecular formula is C25H20N4O. The van der Waals surface area contributed by atoms with Crippen LogP contribution in [-0.4, -0.2) is 20.2 Å². The molecule has 3 aliphatic carbocycles. The molecule has 3 heterocycles. The van der Waals surface area contributed by atoms with Crippen LogP contribution < -0.4 is 0 Å². The molecule has 2 bridgehead atoms. The van der Waals surface area contributed by atoms with Gasteiger partial charge in [-0.05, 0) is 48.3 Å². The summed E-state index contributed by atoms with van der Waals surface area (Å²) in [6.45, 7) is 0.539. The zero-order valence-electron chi connectivity index (χ0n) is 16.5. The van der Waals surface area contributed by atoms with Crippen molar-refractivity contribution in [1.82, 2.24) is 14.5 Å². The summed E-state index contributed by atoms with van der Waals surface area (Å²) in [4.78, 5) is 13.8. The molecule has 1 aliphatic heterocycles. The Bertz CT molecular complexity index is 1280. The average molecular weight is 392 g/mol. The highest BCUT2D eigenvalue weighted by Crippen LogP contribution is 2.65. The smallest absolute Gasteiger partial charge is 0.181 e. The minimum atomic E-state index is 0.413. The van der Waals surface area contributed by atoms with Crippen molar-refractivity contribution >= 4 is 5.71 Å². The normalized spacial score (nSPS) is 23.5. The Morgan fingerprint density at radius 3 is 2.63 bits per heavy atom. The van der Waals surface area contributed by atoms with Gasteiger partial charge in [0.05, 0.1) is 29.8 Å². The highest BCUT2D eigenvalue weighted by atomic mass is 16.3. The molecule has 3 fully saturated rings. The van der Waals surface area contributed by atoms with Crippen molar-refractivity contribution in [3.63, 3.8) is 0 Å². The molecule has 30 heavy (non-hydrogen) atoms. The molecule has 2 aromatic heterocycles. The van der Waals surface area contributed by atoms with E-state index < -0.39 is 0 Å². The third-order valence-electron chi connectivity index (χ3n) is 7.13. The second-order valence-corrected chi connectivity index (χ2v) is 8.80. The van der Waals surface area contributed by atoms with Crippen LogP contribution in [0.15, 0.2) is 76.9 Å². The number of imidazole rings is 1. The maximum Gasteiger partial charge on any atom is 0.181 e. The van der Waals surface area contributed by atoms with Gasteiger partial charge in [0.2, 0.25) is 0 Å². The fourth-order valence-corrected chi connectivity index (χ4v) is 5.45. The van der Waals surface area contributed by atoms with E-state index in [1.807, 2.05) is 6.33 Å². The second-order valence-electron chi connectivity index (χ2n) is 8.80. The lowest BCUT2D eigenvalue weighted by Crippen LogP contribution is -2.55. The van der Waals surface area contributed by atoms with Crippen LogP contribution in [0.3, 0.4) is 0 Å². The molecule has 3 saturated carbocycles. The Labute approximate surface area is 174 Å². The number of fused-ring (bicyclic) bond motifs is 3. The first-order valence-corrected chi connectivity index (χ1v) is 10.5. The molecule has 0 unspecified atom stereocenters. The van der Waals surface area contributed by atoms with Crippen molar-refractivity contribution < 1.29 is 4.42 Å². The van der Waals surface area contributed by atoms with E-state index in [0.29, 0.717) is 17.7 Å². The Balaban J connectivity index is 1.45. The third-order valence-corrected chi connectivity index (χ3v) is 7.13. The molecule has 4 aliphatic rings. The fraction of sp³-hybridized carbons (Fsp3) is 0.240. The molecular weight excluding hydrogens is 372 g/mol. The number of nitrogens with zero attached hydrogens (tertiary/aromatic N) is 4. The van der Waals surface area contributed by atoms with Crippen LogP contribution in [0.5, 0.6) is 0 Å². The lowest BCUT2D eigenvalue weighted by molar-refractivity contribution is -0.0274. The van der Waals surface area contributed by atoms with E-state index in [0.717, 1.165) is 34.3 Å². The van der Waals surface area contributed by atoms with E-state index in [-0.39, 0.29) is 0 Å². The van der Waals surface area contributed by atoms with Gasteiger partial charge in [-0.15, -0.1) is 0 Å². The number of hydrogen-bond acceptors (Lipinski definition) is 4. The van der Waals surface area contributed by atoms with Crippen molar-refractivity contribution in [1.29, 1.82) is 0 Å². The summed E-state index contributed by atoms with van der Waals surface area (Å²) < 4.78 is 7.71. The van der Waals surface area contributed by atoms with Gasteiger partial charge in [-0.3, -0.25) is 9.56 Å². The van der Waals surface area contributed by atoms with Crippen LogP contribution in [0.25, 0.3) is 17.1 Å². The first-order valence-electron chi connectivity index (χ1n) is 10.5. The van der Waals surface area contributed by atoms with E-state index in [4.69, 9.17) is 9.41 Å². The van der Waals surface area contributed by atoms with Gasteiger partial charge in [-0.1, -0.05) is 36.4 Å². The fourth-order valence-electron chi connectivity index (χ4n) is 5.45. The van der Waals surface area contributed by atoms with Crippen molar-refractivity contribution in [2.24, 2.45) is 10.9 Å². The Kier molecular flexibility index (Phi) is 3.15. The minimum Gasteiger partial charge on any atom is -0.442 e. The summed E-state index contributed by atoms with van der Waals surface area (Å²) in [5.41, 5.74) is 8.21. The van der Waals surface area contributed by atoms with Gasteiger partial charge >= 0.3 is 0 Å². The molecule has 0 radical (unpaired) electrons. The van der Waals surface area contributed by atoms with E-state index in [1.54, 1.807) is 6.20 Å². The van der Waals surface area contributed by atoms with Gasteiger partial charge in [-0.2, -0.15) is 0 Å². The number of aliphatic imine (C=N–C) groups is 1. The summed E-state index contributed by atoms with van der Waals surface area (Å²) in [7, 11) is 0. The molecule has 0 N–H and O–H groups in total. The van der Waals surface area contributed by atoms with Gasteiger partial charge in [0.15, 0.2) is 12.2 Å². The summed E-state index contributed by atoms with van der Waals surface area (Å²) in [5, 5.41) is 0. The minimum absolute atomic E-state index is 0.413. The van der Waals surface area contributed by atoms with Gasteiger partial charge in [0.1, 0.15) is 12.0 Å².